The molecule has 1 rings (SSSR count). The van der Waals surface area contributed by atoms with Crippen LogP contribution in [0.2, 0.25) is 0 Å². The smallest absolute Gasteiger partial charge is 0.303 e. The zero-order valence-electron chi connectivity index (χ0n) is 14.8. The summed E-state index contributed by atoms with van der Waals surface area (Å²) in [5.74, 6) is -0.735. The number of aliphatic carboxylic acids is 1. The Morgan fingerprint density at radius 3 is 2.50 bits per heavy atom. The Morgan fingerprint density at radius 2 is 1.79 bits per heavy atom. The van der Waals surface area contributed by atoms with Gasteiger partial charge in [0.2, 0.25) is 0 Å². The van der Waals surface area contributed by atoms with Gasteiger partial charge >= 0.3 is 5.97 Å². The highest BCUT2D eigenvalue weighted by atomic mass is 16.6. The van der Waals surface area contributed by atoms with Crippen molar-refractivity contribution >= 4 is 5.97 Å². The molecule has 0 aromatic rings. The lowest BCUT2D eigenvalue weighted by Gasteiger charge is -2.00. The number of aliphatic hydroxyl groups excluding tert-OH is 1. The molecular weight excluding hydrogens is 304 g/mol. The van der Waals surface area contributed by atoms with Gasteiger partial charge in [0.1, 0.15) is 12.2 Å². The minimum atomic E-state index is -0.735. The molecule has 1 aliphatic heterocycles. The van der Waals surface area contributed by atoms with E-state index >= 15 is 0 Å². The van der Waals surface area contributed by atoms with Crippen LogP contribution in [-0.2, 0) is 9.53 Å². The van der Waals surface area contributed by atoms with E-state index in [4.69, 9.17) is 9.84 Å². The van der Waals surface area contributed by atoms with Crippen molar-refractivity contribution < 1.29 is 19.7 Å². The largest absolute Gasteiger partial charge is 0.481 e. The highest BCUT2D eigenvalue weighted by Crippen LogP contribution is 2.30. The molecule has 2 N–H and O–H groups in total. The van der Waals surface area contributed by atoms with Gasteiger partial charge in [-0.05, 0) is 32.1 Å². The fourth-order valence-corrected chi connectivity index (χ4v) is 2.55. The second kappa shape index (κ2) is 13.0. The van der Waals surface area contributed by atoms with Crippen molar-refractivity contribution in [1.29, 1.82) is 0 Å². The standard InChI is InChI=1S/C20H32O4/c1-2-3-11-15-18-20(24-18)17(21)14-12-9-7-5-4-6-8-10-13-16-19(22)23/h5-8,12,14,17-18,20-21H,2-4,9-11,13,15-16H2,1H3,(H,22,23)/b7-5+,8-6+,14-12+. The van der Waals surface area contributed by atoms with Crippen molar-refractivity contribution in [2.75, 3.05) is 0 Å². The van der Waals surface area contributed by atoms with Crippen LogP contribution in [0.1, 0.15) is 64.7 Å². The monoisotopic (exact) mass is 336 g/mol. The molecule has 0 bridgehead atoms. The van der Waals surface area contributed by atoms with Crippen LogP contribution in [0.15, 0.2) is 36.5 Å². The molecule has 0 spiro atoms. The number of carboxylic acids is 1. The summed E-state index contributed by atoms with van der Waals surface area (Å²) >= 11 is 0. The van der Waals surface area contributed by atoms with Gasteiger partial charge in [-0.15, -0.1) is 0 Å². The summed E-state index contributed by atoms with van der Waals surface area (Å²) in [6, 6.07) is 0. The van der Waals surface area contributed by atoms with E-state index in [1.54, 1.807) is 0 Å². The summed E-state index contributed by atoms with van der Waals surface area (Å²) in [6.45, 7) is 2.19. The molecule has 0 aromatic carbocycles. The second-order valence-corrected chi connectivity index (χ2v) is 6.25. The Labute approximate surface area is 145 Å². The van der Waals surface area contributed by atoms with Crippen LogP contribution in [0.5, 0.6) is 0 Å². The topological polar surface area (TPSA) is 70.1 Å². The minimum absolute atomic E-state index is 0.00387. The molecule has 1 saturated heterocycles. The van der Waals surface area contributed by atoms with Gasteiger partial charge in [0.05, 0.1) is 6.10 Å². The van der Waals surface area contributed by atoms with Crippen LogP contribution in [0.25, 0.3) is 0 Å². The van der Waals surface area contributed by atoms with Crippen LogP contribution in [0.4, 0.5) is 0 Å². The van der Waals surface area contributed by atoms with Crippen molar-refractivity contribution in [2.24, 2.45) is 0 Å². The average molecular weight is 336 g/mol. The molecule has 3 atom stereocenters. The van der Waals surface area contributed by atoms with Crippen LogP contribution < -0.4 is 0 Å². The van der Waals surface area contributed by atoms with Crippen LogP contribution >= 0.6 is 0 Å². The highest BCUT2D eigenvalue weighted by molar-refractivity contribution is 5.66. The van der Waals surface area contributed by atoms with Crippen molar-refractivity contribution in [1.82, 2.24) is 0 Å². The lowest BCUT2D eigenvalue weighted by molar-refractivity contribution is -0.137. The molecule has 0 radical (unpaired) electrons. The molecule has 4 heteroatoms. The molecular formula is C20H32O4. The molecule has 3 unspecified atom stereocenters. The summed E-state index contributed by atoms with van der Waals surface area (Å²) in [5, 5.41) is 18.5. The van der Waals surface area contributed by atoms with Crippen molar-refractivity contribution in [3.05, 3.63) is 36.5 Å². The third-order valence-electron chi connectivity index (χ3n) is 4.02. The fourth-order valence-electron chi connectivity index (χ4n) is 2.55. The summed E-state index contributed by atoms with van der Waals surface area (Å²) in [5.41, 5.74) is 0. The molecule has 0 saturated carbocycles. The van der Waals surface area contributed by atoms with E-state index < -0.39 is 12.1 Å². The number of allylic oxidation sites excluding steroid dienone is 5. The third kappa shape index (κ3) is 10.4. The first-order valence-electron chi connectivity index (χ1n) is 9.17. The number of unbranched alkanes of at least 4 members (excludes halogenated alkanes) is 3. The lowest BCUT2D eigenvalue weighted by atomic mass is 10.1. The van der Waals surface area contributed by atoms with Crippen molar-refractivity contribution in [2.45, 2.75) is 83.0 Å². The Hall–Kier alpha value is -1.39. The van der Waals surface area contributed by atoms with E-state index in [1.807, 2.05) is 18.2 Å². The number of hydrogen-bond donors (Lipinski definition) is 2. The maximum atomic E-state index is 10.3. The van der Waals surface area contributed by atoms with Gasteiger partial charge in [0.25, 0.3) is 0 Å². The molecule has 0 amide bonds. The first-order chi connectivity index (χ1) is 11.6. The number of ether oxygens (including phenoxy) is 1. The SMILES string of the molecule is CCCCCC1OC1C(O)/C=C/C/C=C/C/C=C/CCCC(=O)O. The van der Waals surface area contributed by atoms with Gasteiger partial charge in [-0.1, -0.05) is 62.6 Å². The van der Waals surface area contributed by atoms with E-state index in [2.05, 4.69) is 25.2 Å². The molecule has 4 nitrogen and oxygen atoms in total. The summed E-state index contributed by atoms with van der Waals surface area (Å²) in [4.78, 5) is 10.3. The van der Waals surface area contributed by atoms with Crippen molar-refractivity contribution in [3.63, 3.8) is 0 Å². The number of aliphatic hydroxyl groups is 1. The predicted octanol–water partition coefficient (Wildman–Crippen LogP) is 4.40. The van der Waals surface area contributed by atoms with E-state index in [-0.39, 0.29) is 18.6 Å². The predicted molar refractivity (Wildman–Crippen MR) is 97.0 cm³/mol. The minimum Gasteiger partial charge on any atom is -0.481 e. The van der Waals surface area contributed by atoms with E-state index in [9.17, 15) is 9.90 Å². The van der Waals surface area contributed by atoms with E-state index in [0.29, 0.717) is 6.42 Å². The Bertz CT molecular complexity index is 425. The van der Waals surface area contributed by atoms with Gasteiger partial charge in [-0.3, -0.25) is 4.79 Å². The normalized spacial score (nSPS) is 21.9. The maximum Gasteiger partial charge on any atom is 0.303 e. The Kier molecular flexibility index (Phi) is 11.2. The Morgan fingerprint density at radius 1 is 1.08 bits per heavy atom. The zero-order chi connectivity index (χ0) is 17.6. The zero-order valence-corrected chi connectivity index (χ0v) is 14.8. The number of rotatable bonds is 14. The first kappa shape index (κ1) is 20.7. The first-order valence-corrected chi connectivity index (χ1v) is 9.17. The van der Waals surface area contributed by atoms with E-state index in [1.165, 1.54) is 19.3 Å². The van der Waals surface area contributed by atoms with E-state index in [0.717, 1.165) is 25.7 Å². The fraction of sp³-hybridized carbons (Fsp3) is 0.650. The van der Waals surface area contributed by atoms with Crippen LogP contribution in [0, 0.1) is 0 Å². The molecule has 24 heavy (non-hydrogen) atoms. The number of carboxylic acid groups (broad SMARTS) is 1. The van der Waals surface area contributed by atoms with Gasteiger partial charge in [0.15, 0.2) is 0 Å². The third-order valence-corrected chi connectivity index (χ3v) is 4.02. The van der Waals surface area contributed by atoms with Gasteiger partial charge in [-0.25, -0.2) is 0 Å². The average Bonchev–Trinajstić information content (AvgIpc) is 3.32. The lowest BCUT2D eigenvalue weighted by Crippen LogP contribution is -2.13. The van der Waals surface area contributed by atoms with Gasteiger partial charge in [-0.2, -0.15) is 0 Å². The van der Waals surface area contributed by atoms with Gasteiger partial charge in [0, 0.05) is 6.42 Å². The Balaban J connectivity index is 2.00. The van der Waals surface area contributed by atoms with Crippen molar-refractivity contribution in [3.8, 4) is 0 Å². The molecule has 1 aliphatic rings. The molecule has 136 valence electrons. The number of hydrogen-bond acceptors (Lipinski definition) is 3. The summed E-state index contributed by atoms with van der Waals surface area (Å²) in [6.07, 6.45) is 19.9. The van der Waals surface area contributed by atoms with Crippen LogP contribution in [-0.4, -0.2) is 34.5 Å². The second-order valence-electron chi connectivity index (χ2n) is 6.25. The number of carbonyl (C=O) groups is 1. The van der Waals surface area contributed by atoms with Crippen LogP contribution in [0.3, 0.4) is 0 Å². The molecule has 0 aromatic heterocycles. The summed E-state index contributed by atoms with van der Waals surface area (Å²) in [7, 11) is 0. The molecule has 1 heterocycles. The molecule has 0 aliphatic carbocycles. The maximum absolute atomic E-state index is 10.3. The highest BCUT2D eigenvalue weighted by Gasteiger charge is 2.42. The van der Waals surface area contributed by atoms with Gasteiger partial charge < -0.3 is 14.9 Å². The quantitative estimate of drug-likeness (QED) is 0.280. The number of epoxide rings is 1. The molecule has 1 fully saturated rings. The summed E-state index contributed by atoms with van der Waals surface area (Å²) < 4.78 is 5.52.